The number of aliphatic hydroxyl groups is 1. The topological polar surface area (TPSA) is 49.3 Å². The van der Waals surface area contributed by atoms with Crippen LogP contribution in [0.3, 0.4) is 0 Å². The Balaban J connectivity index is 2.21. The Morgan fingerprint density at radius 1 is 1.39 bits per heavy atom. The largest absolute Gasteiger partial charge is 0.394 e. The van der Waals surface area contributed by atoms with Gasteiger partial charge in [-0.1, -0.05) is 11.6 Å². The lowest BCUT2D eigenvalue weighted by Gasteiger charge is -2.41. The third-order valence-corrected chi connectivity index (χ3v) is 3.56. The zero-order valence-corrected chi connectivity index (χ0v) is 10.2. The van der Waals surface area contributed by atoms with Crippen LogP contribution in [0.1, 0.15) is 29.6 Å². The van der Waals surface area contributed by atoms with Gasteiger partial charge in [-0.05, 0) is 31.4 Å². The Kier molecular flexibility index (Phi) is 3.54. The molecule has 2 N–H and O–H groups in total. The summed E-state index contributed by atoms with van der Waals surface area (Å²) in [6.07, 6.45) is 2.24. The van der Waals surface area contributed by atoms with Crippen LogP contribution in [0.4, 0.5) is 8.78 Å². The Hall–Kier alpha value is -1.20. The fourth-order valence-corrected chi connectivity index (χ4v) is 2.17. The first kappa shape index (κ1) is 13.2. The van der Waals surface area contributed by atoms with Gasteiger partial charge >= 0.3 is 0 Å². The van der Waals surface area contributed by atoms with Gasteiger partial charge in [0.2, 0.25) is 0 Å². The molecule has 0 spiro atoms. The molecule has 1 aliphatic rings. The Morgan fingerprint density at radius 3 is 2.50 bits per heavy atom. The maximum Gasteiger partial charge on any atom is 0.253 e. The van der Waals surface area contributed by atoms with E-state index in [0.29, 0.717) is 12.8 Å². The molecule has 0 unspecified atom stereocenters. The maximum absolute atomic E-state index is 13.1. The van der Waals surface area contributed by atoms with Gasteiger partial charge in [0.1, 0.15) is 0 Å². The van der Waals surface area contributed by atoms with E-state index < -0.39 is 23.1 Å². The average molecular weight is 276 g/mol. The van der Waals surface area contributed by atoms with E-state index in [2.05, 4.69) is 5.32 Å². The Labute approximate surface area is 108 Å². The summed E-state index contributed by atoms with van der Waals surface area (Å²) < 4.78 is 25.9. The van der Waals surface area contributed by atoms with Crippen molar-refractivity contribution in [1.29, 1.82) is 0 Å². The van der Waals surface area contributed by atoms with Crippen LogP contribution in [-0.4, -0.2) is 23.2 Å². The van der Waals surface area contributed by atoms with Crippen LogP contribution in [-0.2, 0) is 0 Å². The normalized spacial score (nSPS) is 17.1. The molecule has 0 atom stereocenters. The zero-order chi connectivity index (χ0) is 13.3. The highest BCUT2D eigenvalue weighted by Crippen LogP contribution is 2.32. The fourth-order valence-electron chi connectivity index (χ4n) is 1.93. The molecule has 0 radical (unpaired) electrons. The van der Waals surface area contributed by atoms with Gasteiger partial charge in [0.25, 0.3) is 5.91 Å². The molecular formula is C12H12ClF2NO2. The lowest BCUT2D eigenvalue weighted by Crippen LogP contribution is -2.56. The molecule has 1 aromatic carbocycles. The number of carbonyl (C=O) groups is 1. The third kappa shape index (κ3) is 2.33. The Bertz CT molecular complexity index is 484. The number of hydrogen-bond donors (Lipinski definition) is 2. The molecule has 3 nitrogen and oxygen atoms in total. The second kappa shape index (κ2) is 4.82. The first-order valence-corrected chi connectivity index (χ1v) is 5.93. The monoisotopic (exact) mass is 275 g/mol. The van der Waals surface area contributed by atoms with E-state index in [1.807, 2.05) is 0 Å². The number of hydrogen-bond acceptors (Lipinski definition) is 2. The minimum absolute atomic E-state index is 0.129. The van der Waals surface area contributed by atoms with Crippen molar-refractivity contribution in [3.63, 3.8) is 0 Å². The molecule has 6 heteroatoms. The standard InChI is InChI=1S/C12H12ClF2NO2/c13-8-5-10(15)9(14)4-7(8)11(18)16-12(6-17)2-1-3-12/h4-5,17H,1-3,6H2,(H,16,18). The molecule has 2 rings (SSSR count). The molecule has 0 saturated heterocycles. The summed E-state index contributed by atoms with van der Waals surface area (Å²) in [5.74, 6) is -2.83. The van der Waals surface area contributed by atoms with Crippen molar-refractivity contribution in [2.45, 2.75) is 24.8 Å². The van der Waals surface area contributed by atoms with Crippen molar-refractivity contribution in [2.75, 3.05) is 6.61 Å². The summed E-state index contributed by atoms with van der Waals surface area (Å²) in [6, 6.07) is 1.52. The predicted octanol–water partition coefficient (Wildman–Crippen LogP) is 2.26. The van der Waals surface area contributed by atoms with Gasteiger partial charge in [-0.3, -0.25) is 4.79 Å². The number of aliphatic hydroxyl groups excluding tert-OH is 1. The predicted molar refractivity (Wildman–Crippen MR) is 62.5 cm³/mol. The molecule has 1 aliphatic carbocycles. The lowest BCUT2D eigenvalue weighted by atomic mass is 9.77. The maximum atomic E-state index is 13.1. The minimum Gasteiger partial charge on any atom is -0.394 e. The molecule has 0 aromatic heterocycles. The van der Waals surface area contributed by atoms with Crippen molar-refractivity contribution in [1.82, 2.24) is 5.32 Å². The van der Waals surface area contributed by atoms with E-state index in [4.69, 9.17) is 11.6 Å². The van der Waals surface area contributed by atoms with Crippen molar-refractivity contribution in [3.05, 3.63) is 34.4 Å². The summed E-state index contributed by atoms with van der Waals surface area (Å²) in [7, 11) is 0. The second-order valence-corrected chi connectivity index (χ2v) is 4.90. The van der Waals surface area contributed by atoms with Crippen LogP contribution in [0.2, 0.25) is 5.02 Å². The summed E-state index contributed by atoms with van der Waals surface area (Å²) in [5.41, 5.74) is -0.777. The number of nitrogens with one attached hydrogen (secondary N) is 1. The Morgan fingerprint density at radius 2 is 2.00 bits per heavy atom. The summed E-state index contributed by atoms with van der Waals surface area (Å²) in [5, 5.41) is 11.7. The molecule has 1 aromatic rings. The number of halogens is 3. The summed E-state index contributed by atoms with van der Waals surface area (Å²) >= 11 is 5.70. The van der Waals surface area contributed by atoms with E-state index in [9.17, 15) is 18.7 Å². The highest BCUT2D eigenvalue weighted by molar-refractivity contribution is 6.33. The van der Waals surface area contributed by atoms with Crippen molar-refractivity contribution < 1.29 is 18.7 Å². The quantitative estimate of drug-likeness (QED) is 0.832. The van der Waals surface area contributed by atoms with Crippen LogP contribution in [0, 0.1) is 11.6 Å². The number of carbonyl (C=O) groups excluding carboxylic acids is 1. The molecule has 18 heavy (non-hydrogen) atoms. The lowest BCUT2D eigenvalue weighted by molar-refractivity contribution is 0.0641. The van der Waals surface area contributed by atoms with Gasteiger partial charge in [-0.25, -0.2) is 8.78 Å². The van der Waals surface area contributed by atoms with Crippen LogP contribution in [0.15, 0.2) is 12.1 Å². The molecule has 98 valence electrons. The zero-order valence-electron chi connectivity index (χ0n) is 9.47. The minimum atomic E-state index is -1.13. The average Bonchev–Trinajstić information content (AvgIpc) is 2.28. The van der Waals surface area contributed by atoms with Crippen molar-refractivity contribution >= 4 is 17.5 Å². The van der Waals surface area contributed by atoms with Gasteiger partial charge < -0.3 is 10.4 Å². The molecular weight excluding hydrogens is 264 g/mol. The smallest absolute Gasteiger partial charge is 0.253 e. The molecule has 1 amide bonds. The summed E-state index contributed by atoms with van der Waals surface area (Å²) in [4.78, 5) is 11.9. The van der Waals surface area contributed by atoms with Gasteiger partial charge in [0, 0.05) is 0 Å². The first-order valence-electron chi connectivity index (χ1n) is 5.55. The SMILES string of the molecule is O=C(NC1(CO)CCC1)c1cc(F)c(F)cc1Cl. The fraction of sp³-hybridized carbons (Fsp3) is 0.417. The van der Waals surface area contributed by atoms with Crippen LogP contribution < -0.4 is 5.32 Å². The van der Waals surface area contributed by atoms with Crippen LogP contribution in [0.25, 0.3) is 0 Å². The molecule has 0 heterocycles. The third-order valence-electron chi connectivity index (χ3n) is 3.25. The number of benzene rings is 1. The van der Waals surface area contributed by atoms with Crippen LogP contribution in [0.5, 0.6) is 0 Å². The van der Waals surface area contributed by atoms with Gasteiger partial charge in [0.15, 0.2) is 11.6 Å². The second-order valence-electron chi connectivity index (χ2n) is 4.49. The number of rotatable bonds is 3. The molecule has 1 saturated carbocycles. The van der Waals surface area contributed by atoms with E-state index in [-0.39, 0.29) is 17.2 Å². The van der Waals surface area contributed by atoms with Gasteiger partial charge in [-0.15, -0.1) is 0 Å². The summed E-state index contributed by atoms with van der Waals surface area (Å²) in [6.45, 7) is -0.181. The van der Waals surface area contributed by atoms with Crippen molar-refractivity contribution in [3.8, 4) is 0 Å². The molecule has 0 bridgehead atoms. The number of amides is 1. The van der Waals surface area contributed by atoms with Gasteiger partial charge in [0.05, 0.1) is 22.7 Å². The van der Waals surface area contributed by atoms with Crippen LogP contribution >= 0.6 is 11.6 Å². The molecule has 1 fully saturated rings. The highest BCUT2D eigenvalue weighted by Gasteiger charge is 2.38. The van der Waals surface area contributed by atoms with E-state index in [1.165, 1.54) is 0 Å². The van der Waals surface area contributed by atoms with E-state index in [0.717, 1.165) is 18.6 Å². The molecule has 0 aliphatic heterocycles. The van der Waals surface area contributed by atoms with Crippen molar-refractivity contribution in [2.24, 2.45) is 0 Å². The first-order chi connectivity index (χ1) is 8.47. The van der Waals surface area contributed by atoms with E-state index in [1.54, 1.807) is 0 Å². The van der Waals surface area contributed by atoms with E-state index >= 15 is 0 Å². The van der Waals surface area contributed by atoms with Gasteiger partial charge in [-0.2, -0.15) is 0 Å². The highest BCUT2D eigenvalue weighted by atomic mass is 35.5.